The predicted molar refractivity (Wildman–Crippen MR) is 66.4 cm³/mol. The number of hydrogen-bond donors (Lipinski definition) is 1. The number of nitrogens with one attached hydrogen (secondary N) is 1. The summed E-state index contributed by atoms with van der Waals surface area (Å²) >= 11 is 2.09. The molecule has 0 aliphatic carbocycles. The van der Waals surface area contributed by atoms with Gasteiger partial charge in [0.15, 0.2) is 0 Å². The number of ether oxygens (including phenoxy) is 4. The van der Waals surface area contributed by atoms with E-state index >= 15 is 0 Å². The van der Waals surface area contributed by atoms with Crippen molar-refractivity contribution in [2.75, 3.05) is 59.9 Å². The molecule has 6 heteroatoms. The van der Waals surface area contributed by atoms with Gasteiger partial charge in [-0.15, -0.1) is 0 Å². The second-order valence-corrected chi connectivity index (χ2v) is 3.48. The zero-order chi connectivity index (χ0) is 11.2. The first-order valence-corrected chi connectivity index (χ1v) is 6.05. The van der Waals surface area contributed by atoms with Gasteiger partial charge in [-0.05, 0) is 0 Å². The lowest BCUT2D eigenvalue weighted by Gasteiger charge is -2.06. The molecular formula is C9H20INO4. The summed E-state index contributed by atoms with van der Waals surface area (Å²) in [5.41, 5.74) is 0. The van der Waals surface area contributed by atoms with Gasteiger partial charge in [0, 0.05) is 36.5 Å². The average Bonchev–Trinajstić information content (AvgIpc) is 2.26. The number of halogens is 1. The van der Waals surface area contributed by atoms with Crippen LogP contribution in [0.2, 0.25) is 0 Å². The minimum absolute atomic E-state index is 0.609. The smallest absolute Gasteiger partial charge is 0.0701 e. The molecule has 0 spiro atoms. The summed E-state index contributed by atoms with van der Waals surface area (Å²) in [5, 5.41) is 0. The fourth-order valence-electron chi connectivity index (χ4n) is 0.795. The molecular weight excluding hydrogens is 313 g/mol. The maximum atomic E-state index is 5.28. The Morgan fingerprint density at radius 3 is 1.73 bits per heavy atom. The largest absolute Gasteiger partial charge is 0.382 e. The SMILES string of the molecule is COCCOCCOCCOCCNI. The summed E-state index contributed by atoms with van der Waals surface area (Å²) in [4.78, 5) is 0. The maximum absolute atomic E-state index is 5.28. The molecule has 0 radical (unpaired) electrons. The molecule has 0 aromatic heterocycles. The molecule has 0 aromatic rings. The van der Waals surface area contributed by atoms with Gasteiger partial charge in [-0.2, -0.15) is 0 Å². The fraction of sp³-hybridized carbons (Fsp3) is 1.00. The van der Waals surface area contributed by atoms with Gasteiger partial charge in [0.2, 0.25) is 0 Å². The first kappa shape index (κ1) is 15.5. The molecule has 0 aromatic carbocycles. The van der Waals surface area contributed by atoms with Crippen molar-refractivity contribution in [3.8, 4) is 0 Å². The highest BCUT2D eigenvalue weighted by molar-refractivity contribution is 14.1. The highest BCUT2D eigenvalue weighted by atomic mass is 127. The monoisotopic (exact) mass is 333 g/mol. The Bertz CT molecular complexity index is 106. The minimum Gasteiger partial charge on any atom is -0.382 e. The molecule has 92 valence electrons. The second kappa shape index (κ2) is 14.5. The quantitative estimate of drug-likeness (QED) is 0.322. The van der Waals surface area contributed by atoms with Gasteiger partial charge >= 0.3 is 0 Å². The lowest BCUT2D eigenvalue weighted by Crippen LogP contribution is -2.14. The van der Waals surface area contributed by atoms with Gasteiger partial charge in [0.25, 0.3) is 0 Å². The van der Waals surface area contributed by atoms with Crippen LogP contribution in [-0.2, 0) is 18.9 Å². The van der Waals surface area contributed by atoms with E-state index in [0.29, 0.717) is 39.6 Å². The Labute approximate surface area is 105 Å². The van der Waals surface area contributed by atoms with Crippen LogP contribution in [0, 0.1) is 0 Å². The van der Waals surface area contributed by atoms with Crippen LogP contribution in [0.3, 0.4) is 0 Å². The van der Waals surface area contributed by atoms with E-state index in [9.17, 15) is 0 Å². The molecule has 0 bridgehead atoms. The number of methoxy groups -OCH3 is 1. The summed E-state index contributed by atoms with van der Waals surface area (Å²) in [6, 6.07) is 0. The predicted octanol–water partition coefficient (Wildman–Crippen LogP) is 0.622. The van der Waals surface area contributed by atoms with Crippen molar-refractivity contribution in [2.45, 2.75) is 0 Å². The molecule has 0 aliphatic rings. The highest BCUT2D eigenvalue weighted by Gasteiger charge is 1.91. The summed E-state index contributed by atoms with van der Waals surface area (Å²) in [6.45, 7) is 5.31. The Morgan fingerprint density at radius 1 is 0.800 bits per heavy atom. The van der Waals surface area contributed by atoms with E-state index in [1.54, 1.807) is 7.11 Å². The molecule has 0 saturated carbocycles. The molecule has 0 unspecified atom stereocenters. The third-order valence-corrected chi connectivity index (χ3v) is 2.06. The molecule has 1 N–H and O–H groups in total. The van der Waals surface area contributed by atoms with E-state index in [2.05, 4.69) is 26.4 Å². The Morgan fingerprint density at radius 2 is 1.27 bits per heavy atom. The molecule has 5 nitrogen and oxygen atoms in total. The Kier molecular flexibility index (Phi) is 15.0. The summed E-state index contributed by atoms with van der Waals surface area (Å²) in [5.74, 6) is 0. The molecule has 0 amide bonds. The van der Waals surface area contributed by atoms with E-state index in [4.69, 9.17) is 18.9 Å². The Hall–Kier alpha value is 0.530. The molecule has 0 atom stereocenters. The van der Waals surface area contributed by atoms with Crippen LogP contribution in [-0.4, -0.2) is 59.9 Å². The van der Waals surface area contributed by atoms with Gasteiger partial charge < -0.3 is 18.9 Å². The summed E-state index contributed by atoms with van der Waals surface area (Å²) in [7, 11) is 1.65. The molecule has 0 aliphatic heterocycles. The molecule has 15 heavy (non-hydrogen) atoms. The van der Waals surface area contributed by atoms with Crippen molar-refractivity contribution in [1.82, 2.24) is 3.53 Å². The third kappa shape index (κ3) is 14.5. The van der Waals surface area contributed by atoms with Crippen molar-refractivity contribution in [3.63, 3.8) is 0 Å². The number of hydrogen-bond acceptors (Lipinski definition) is 5. The van der Waals surface area contributed by atoms with Crippen molar-refractivity contribution in [2.24, 2.45) is 0 Å². The summed E-state index contributed by atoms with van der Waals surface area (Å²) < 4.78 is 23.6. The van der Waals surface area contributed by atoms with Gasteiger partial charge in [-0.3, -0.25) is 3.53 Å². The fourth-order valence-corrected chi connectivity index (χ4v) is 1.02. The van der Waals surface area contributed by atoms with Crippen molar-refractivity contribution < 1.29 is 18.9 Å². The first-order chi connectivity index (χ1) is 7.41. The topological polar surface area (TPSA) is 49.0 Å². The maximum Gasteiger partial charge on any atom is 0.0701 e. The minimum atomic E-state index is 0.609. The van der Waals surface area contributed by atoms with Crippen LogP contribution < -0.4 is 3.53 Å². The van der Waals surface area contributed by atoms with Crippen LogP contribution in [0.15, 0.2) is 0 Å². The van der Waals surface area contributed by atoms with Gasteiger partial charge in [0.05, 0.1) is 46.2 Å². The standard InChI is InChI=1S/C9H20INO4/c1-12-4-5-14-8-9-15-7-6-13-3-2-11-10/h11H,2-9H2,1H3. The van der Waals surface area contributed by atoms with Crippen LogP contribution in [0.1, 0.15) is 0 Å². The van der Waals surface area contributed by atoms with E-state index < -0.39 is 0 Å². The van der Waals surface area contributed by atoms with E-state index in [1.807, 2.05) is 0 Å². The van der Waals surface area contributed by atoms with Crippen molar-refractivity contribution in [3.05, 3.63) is 0 Å². The number of rotatable bonds is 12. The van der Waals surface area contributed by atoms with E-state index in [0.717, 1.165) is 13.2 Å². The highest BCUT2D eigenvalue weighted by Crippen LogP contribution is 1.81. The van der Waals surface area contributed by atoms with E-state index in [-0.39, 0.29) is 0 Å². The van der Waals surface area contributed by atoms with Gasteiger partial charge in [0.1, 0.15) is 0 Å². The zero-order valence-electron chi connectivity index (χ0n) is 9.17. The Balaban J connectivity index is 2.81. The van der Waals surface area contributed by atoms with Crippen molar-refractivity contribution in [1.29, 1.82) is 0 Å². The third-order valence-electron chi connectivity index (χ3n) is 1.52. The first-order valence-electron chi connectivity index (χ1n) is 4.97. The van der Waals surface area contributed by atoms with Crippen LogP contribution in [0.25, 0.3) is 0 Å². The molecule has 0 saturated heterocycles. The van der Waals surface area contributed by atoms with Gasteiger partial charge in [-0.1, -0.05) is 0 Å². The lowest BCUT2D eigenvalue weighted by atomic mass is 10.7. The molecule has 0 heterocycles. The normalized spacial score (nSPS) is 10.8. The van der Waals surface area contributed by atoms with Crippen molar-refractivity contribution >= 4 is 22.9 Å². The molecule has 0 fully saturated rings. The van der Waals surface area contributed by atoms with Crippen LogP contribution in [0.4, 0.5) is 0 Å². The lowest BCUT2D eigenvalue weighted by molar-refractivity contribution is 0.00455. The molecule has 0 rings (SSSR count). The summed E-state index contributed by atoms with van der Waals surface area (Å²) in [6.07, 6.45) is 0. The average molecular weight is 333 g/mol. The van der Waals surface area contributed by atoms with Crippen LogP contribution in [0.5, 0.6) is 0 Å². The second-order valence-electron chi connectivity index (χ2n) is 2.71. The van der Waals surface area contributed by atoms with Crippen LogP contribution >= 0.6 is 22.9 Å². The van der Waals surface area contributed by atoms with Gasteiger partial charge in [-0.25, -0.2) is 0 Å². The zero-order valence-corrected chi connectivity index (χ0v) is 11.3. The van der Waals surface area contributed by atoms with E-state index in [1.165, 1.54) is 0 Å².